The van der Waals surface area contributed by atoms with Crippen molar-refractivity contribution in [3.8, 4) is 0 Å². The van der Waals surface area contributed by atoms with Crippen LogP contribution >= 0.6 is 23.4 Å². The molecule has 1 fully saturated rings. The number of halogens is 1. The first-order chi connectivity index (χ1) is 10.6. The number of hydrogen-bond donors (Lipinski definition) is 1. The minimum atomic E-state index is -0.409. The third-order valence-corrected chi connectivity index (χ3v) is 5.53. The first-order valence-corrected chi connectivity index (χ1v) is 8.67. The minimum Gasteiger partial charge on any atom is -0.445 e. The number of benzene rings is 1. The van der Waals surface area contributed by atoms with E-state index in [1.165, 1.54) is 0 Å². The summed E-state index contributed by atoms with van der Waals surface area (Å²) >= 11 is 8.02. The Bertz CT molecular complexity index is 602. The van der Waals surface area contributed by atoms with E-state index in [1.807, 2.05) is 54.2 Å². The molecule has 0 spiro atoms. The normalized spacial score (nSPS) is 30.2. The van der Waals surface area contributed by atoms with Crippen LogP contribution < -0.4 is 5.32 Å². The Balaban J connectivity index is 1.67. The lowest BCUT2D eigenvalue weighted by atomic mass is 9.90. The van der Waals surface area contributed by atoms with Crippen LogP contribution in [0.2, 0.25) is 0 Å². The van der Waals surface area contributed by atoms with Crippen molar-refractivity contribution in [3.63, 3.8) is 0 Å². The summed E-state index contributed by atoms with van der Waals surface area (Å²) < 4.78 is 5.68. The number of para-hydroxylation sites is 1. The van der Waals surface area contributed by atoms with Crippen molar-refractivity contribution in [2.45, 2.75) is 29.9 Å². The van der Waals surface area contributed by atoms with E-state index < -0.39 is 6.09 Å². The summed E-state index contributed by atoms with van der Waals surface area (Å²) in [5.41, 5.74) is 0.736. The van der Waals surface area contributed by atoms with E-state index in [0.717, 1.165) is 12.1 Å². The third-order valence-electron chi connectivity index (χ3n) is 3.84. The summed E-state index contributed by atoms with van der Waals surface area (Å²) in [6.45, 7) is 2.17. The maximum Gasteiger partial charge on any atom is 0.411 e. The molecule has 3 rings (SSSR count). The second kappa shape index (κ2) is 6.80. The Hall–Kier alpha value is -1.39. The molecule has 2 aliphatic rings. The van der Waals surface area contributed by atoms with Gasteiger partial charge in [-0.25, -0.2) is 4.79 Å². The van der Waals surface area contributed by atoms with Gasteiger partial charge in [0.05, 0.1) is 0 Å². The van der Waals surface area contributed by atoms with Gasteiger partial charge < -0.3 is 4.74 Å². The fourth-order valence-electron chi connectivity index (χ4n) is 2.85. The van der Waals surface area contributed by atoms with E-state index in [0.29, 0.717) is 15.5 Å². The SMILES string of the molecule is C[C@@H]1C[C@H](OC(=O)Nc2ccccc2)[C@@H]2C=C(Cl)C=C[C@@H]2S1. The van der Waals surface area contributed by atoms with E-state index in [-0.39, 0.29) is 12.0 Å². The van der Waals surface area contributed by atoms with Gasteiger partial charge in [-0.1, -0.05) is 48.9 Å². The van der Waals surface area contributed by atoms with Crippen molar-refractivity contribution in [2.75, 3.05) is 5.32 Å². The molecule has 3 nitrogen and oxygen atoms in total. The fourth-order valence-corrected chi connectivity index (χ4v) is 4.51. The standard InChI is InChI=1S/C17H18ClNO2S/c1-11-9-15(14-10-12(18)7-8-16(14)22-11)21-17(20)19-13-5-3-2-4-6-13/h2-8,10-11,14-16H,9H2,1H3,(H,19,20)/t11-,14+,15+,16+/m1/s1. The summed E-state index contributed by atoms with van der Waals surface area (Å²) in [4.78, 5) is 12.1. The summed E-state index contributed by atoms with van der Waals surface area (Å²) in [5.74, 6) is 0.139. The zero-order chi connectivity index (χ0) is 15.5. The second-order valence-electron chi connectivity index (χ2n) is 5.57. The van der Waals surface area contributed by atoms with E-state index in [9.17, 15) is 4.79 Å². The fraction of sp³-hybridized carbons (Fsp3) is 0.353. The van der Waals surface area contributed by atoms with Crippen LogP contribution in [-0.2, 0) is 4.74 Å². The number of thioether (sulfide) groups is 1. The molecule has 1 N–H and O–H groups in total. The van der Waals surface area contributed by atoms with E-state index in [2.05, 4.69) is 18.3 Å². The molecular weight excluding hydrogens is 318 g/mol. The Morgan fingerprint density at radius 2 is 2.14 bits per heavy atom. The Morgan fingerprint density at radius 3 is 2.91 bits per heavy atom. The van der Waals surface area contributed by atoms with Gasteiger partial charge in [0.1, 0.15) is 6.10 Å². The molecule has 116 valence electrons. The molecule has 1 saturated heterocycles. The molecule has 1 heterocycles. The van der Waals surface area contributed by atoms with Crippen LogP contribution in [0.1, 0.15) is 13.3 Å². The number of allylic oxidation sites excluding steroid dienone is 2. The van der Waals surface area contributed by atoms with Gasteiger partial charge in [-0.05, 0) is 24.6 Å². The monoisotopic (exact) mass is 335 g/mol. The van der Waals surface area contributed by atoms with Gasteiger partial charge >= 0.3 is 6.09 Å². The van der Waals surface area contributed by atoms with Gasteiger partial charge in [-0.2, -0.15) is 11.8 Å². The summed E-state index contributed by atoms with van der Waals surface area (Å²) in [7, 11) is 0. The quantitative estimate of drug-likeness (QED) is 0.843. The zero-order valence-electron chi connectivity index (χ0n) is 12.2. The van der Waals surface area contributed by atoms with Crippen LogP contribution in [0.4, 0.5) is 10.5 Å². The van der Waals surface area contributed by atoms with Crippen molar-refractivity contribution in [1.82, 2.24) is 0 Å². The average Bonchev–Trinajstić information content (AvgIpc) is 2.49. The van der Waals surface area contributed by atoms with E-state index >= 15 is 0 Å². The van der Waals surface area contributed by atoms with Crippen LogP contribution in [0.3, 0.4) is 0 Å². The number of ether oxygens (including phenoxy) is 1. The highest BCUT2D eigenvalue weighted by Gasteiger charge is 2.38. The van der Waals surface area contributed by atoms with Crippen molar-refractivity contribution in [2.24, 2.45) is 5.92 Å². The van der Waals surface area contributed by atoms with Gasteiger partial charge in [0.2, 0.25) is 0 Å². The summed E-state index contributed by atoms with van der Waals surface area (Å²) in [6, 6.07) is 9.33. The van der Waals surface area contributed by atoms with Crippen LogP contribution in [0.25, 0.3) is 0 Å². The summed E-state index contributed by atoms with van der Waals surface area (Å²) in [5, 5.41) is 4.26. The molecular formula is C17H18ClNO2S. The topological polar surface area (TPSA) is 38.3 Å². The molecule has 1 amide bonds. The number of fused-ring (bicyclic) bond motifs is 1. The van der Waals surface area contributed by atoms with Crippen molar-refractivity contribution in [1.29, 1.82) is 0 Å². The lowest BCUT2D eigenvalue weighted by Crippen LogP contribution is -2.40. The molecule has 1 aromatic carbocycles. The number of nitrogens with one attached hydrogen (secondary N) is 1. The van der Waals surface area contributed by atoms with Crippen molar-refractivity contribution >= 4 is 35.1 Å². The van der Waals surface area contributed by atoms with Crippen LogP contribution in [0.15, 0.2) is 53.6 Å². The molecule has 1 aliphatic heterocycles. The Kier molecular flexibility index (Phi) is 4.79. The molecule has 0 unspecified atom stereocenters. The van der Waals surface area contributed by atoms with Crippen LogP contribution in [0, 0.1) is 5.92 Å². The van der Waals surface area contributed by atoms with Crippen molar-refractivity contribution in [3.05, 3.63) is 53.6 Å². The largest absolute Gasteiger partial charge is 0.445 e. The van der Waals surface area contributed by atoms with Crippen LogP contribution in [-0.4, -0.2) is 22.7 Å². The maximum atomic E-state index is 12.1. The highest BCUT2D eigenvalue weighted by atomic mass is 35.5. The smallest absolute Gasteiger partial charge is 0.411 e. The number of carbonyl (C=O) groups excluding carboxylic acids is 1. The van der Waals surface area contributed by atoms with Crippen molar-refractivity contribution < 1.29 is 9.53 Å². The molecule has 0 radical (unpaired) electrons. The Labute approximate surface area is 139 Å². The average molecular weight is 336 g/mol. The molecule has 0 saturated carbocycles. The highest BCUT2D eigenvalue weighted by molar-refractivity contribution is 8.00. The van der Waals surface area contributed by atoms with E-state index in [4.69, 9.17) is 16.3 Å². The number of amides is 1. The molecule has 22 heavy (non-hydrogen) atoms. The van der Waals surface area contributed by atoms with Gasteiger partial charge in [0.15, 0.2) is 0 Å². The first-order valence-electron chi connectivity index (χ1n) is 7.35. The summed E-state index contributed by atoms with van der Waals surface area (Å²) in [6.07, 6.45) is 6.32. The lowest BCUT2D eigenvalue weighted by Gasteiger charge is -2.38. The predicted molar refractivity (Wildman–Crippen MR) is 92.4 cm³/mol. The number of carbonyl (C=O) groups is 1. The van der Waals surface area contributed by atoms with E-state index in [1.54, 1.807) is 0 Å². The minimum absolute atomic E-state index is 0.139. The lowest BCUT2D eigenvalue weighted by molar-refractivity contribution is 0.0782. The molecule has 0 aromatic heterocycles. The first kappa shape index (κ1) is 15.5. The van der Waals surface area contributed by atoms with Crippen LogP contribution in [0.5, 0.6) is 0 Å². The zero-order valence-corrected chi connectivity index (χ0v) is 13.8. The molecule has 1 aromatic rings. The second-order valence-corrected chi connectivity index (χ2v) is 7.63. The Morgan fingerprint density at radius 1 is 1.36 bits per heavy atom. The third kappa shape index (κ3) is 3.68. The molecule has 1 aliphatic carbocycles. The molecule has 5 heteroatoms. The highest BCUT2D eigenvalue weighted by Crippen LogP contribution is 2.41. The maximum absolute atomic E-state index is 12.1. The van der Waals surface area contributed by atoms with Gasteiger partial charge in [0, 0.05) is 27.1 Å². The predicted octanol–water partition coefficient (Wildman–Crippen LogP) is 4.81. The number of anilines is 1. The van der Waals surface area contributed by atoms with Gasteiger partial charge in [0.25, 0.3) is 0 Å². The molecule has 0 bridgehead atoms. The van der Waals surface area contributed by atoms with Gasteiger partial charge in [-0.15, -0.1) is 0 Å². The van der Waals surface area contributed by atoms with Gasteiger partial charge in [-0.3, -0.25) is 5.32 Å². The number of hydrogen-bond acceptors (Lipinski definition) is 3. The molecule has 4 atom stereocenters. The number of rotatable bonds is 2.